The number of nitrogens with zero attached hydrogens (tertiary/aromatic N) is 1. The summed E-state index contributed by atoms with van der Waals surface area (Å²) >= 11 is 5.59. The van der Waals surface area contributed by atoms with Crippen LogP contribution in [0.2, 0.25) is 5.15 Å². The largest absolute Gasteiger partial charge is 0.467 e. The molecule has 0 fully saturated rings. The number of aromatic nitrogens is 1. The van der Waals surface area contributed by atoms with E-state index in [4.69, 9.17) is 21.1 Å². The van der Waals surface area contributed by atoms with Crippen LogP contribution in [-0.2, 0) is 4.74 Å². The Morgan fingerprint density at radius 1 is 1.64 bits per heavy atom. The molecule has 0 unspecified atom stereocenters. The Kier molecular flexibility index (Phi) is 3.14. The van der Waals surface area contributed by atoms with Gasteiger partial charge >= 0.3 is 0 Å². The summed E-state index contributed by atoms with van der Waals surface area (Å²) in [4.78, 5) is 3.79. The Bertz CT molecular complexity index is 229. The van der Waals surface area contributed by atoms with Gasteiger partial charge in [0.1, 0.15) is 10.9 Å². The number of ether oxygens (including phenoxy) is 2. The molecule has 0 radical (unpaired) electrons. The van der Waals surface area contributed by atoms with Crippen LogP contribution in [0.5, 0.6) is 5.75 Å². The molecule has 0 saturated carbocycles. The lowest BCUT2D eigenvalue weighted by molar-refractivity contribution is 0.0511. The third-order valence-corrected chi connectivity index (χ3v) is 1.25. The van der Waals surface area contributed by atoms with Crippen molar-refractivity contribution < 1.29 is 9.47 Å². The van der Waals surface area contributed by atoms with Crippen LogP contribution in [0.15, 0.2) is 18.3 Å². The molecule has 0 bridgehead atoms. The van der Waals surface area contributed by atoms with Gasteiger partial charge in [0.2, 0.25) is 0 Å². The van der Waals surface area contributed by atoms with Crippen LogP contribution < -0.4 is 4.74 Å². The molecular formula is C7H8ClNO2. The Balaban J connectivity index is 2.56. The van der Waals surface area contributed by atoms with Gasteiger partial charge in [-0.3, -0.25) is 0 Å². The van der Waals surface area contributed by atoms with Gasteiger partial charge in [-0.05, 0) is 6.07 Å². The van der Waals surface area contributed by atoms with Crippen LogP contribution in [-0.4, -0.2) is 18.9 Å². The SMILES string of the molecule is COCOc1ccnc(Cl)c1. The van der Waals surface area contributed by atoms with E-state index in [1.165, 1.54) is 0 Å². The molecule has 0 N–H and O–H groups in total. The van der Waals surface area contributed by atoms with Gasteiger partial charge in [0, 0.05) is 19.4 Å². The van der Waals surface area contributed by atoms with Crippen molar-refractivity contribution in [1.82, 2.24) is 4.98 Å². The summed E-state index contributed by atoms with van der Waals surface area (Å²) in [5.41, 5.74) is 0. The molecule has 1 aromatic rings. The van der Waals surface area contributed by atoms with Crippen molar-refractivity contribution in [1.29, 1.82) is 0 Å². The molecule has 0 aliphatic heterocycles. The first-order valence-electron chi connectivity index (χ1n) is 3.06. The van der Waals surface area contributed by atoms with Crippen molar-refractivity contribution in [3.63, 3.8) is 0 Å². The van der Waals surface area contributed by atoms with Crippen molar-refractivity contribution in [3.05, 3.63) is 23.5 Å². The second-order valence-corrected chi connectivity index (χ2v) is 2.25. The summed E-state index contributed by atoms with van der Waals surface area (Å²) in [5.74, 6) is 0.659. The molecular weight excluding hydrogens is 166 g/mol. The fraction of sp³-hybridized carbons (Fsp3) is 0.286. The predicted octanol–water partition coefficient (Wildman–Crippen LogP) is 1.72. The summed E-state index contributed by atoms with van der Waals surface area (Å²) in [6, 6.07) is 3.34. The zero-order valence-corrected chi connectivity index (χ0v) is 6.84. The van der Waals surface area contributed by atoms with Crippen LogP contribution in [0.3, 0.4) is 0 Å². The number of hydrogen-bond donors (Lipinski definition) is 0. The summed E-state index contributed by atoms with van der Waals surface area (Å²) < 4.78 is 9.79. The van der Waals surface area contributed by atoms with Crippen LogP contribution in [0, 0.1) is 0 Å². The van der Waals surface area contributed by atoms with E-state index in [2.05, 4.69) is 4.98 Å². The number of methoxy groups -OCH3 is 1. The van der Waals surface area contributed by atoms with Crippen LogP contribution in [0.4, 0.5) is 0 Å². The van der Waals surface area contributed by atoms with Gasteiger partial charge < -0.3 is 9.47 Å². The molecule has 0 atom stereocenters. The maximum Gasteiger partial charge on any atom is 0.188 e. The van der Waals surface area contributed by atoms with E-state index in [0.717, 1.165) is 0 Å². The van der Waals surface area contributed by atoms with Crippen molar-refractivity contribution in [2.24, 2.45) is 0 Å². The number of rotatable bonds is 3. The van der Waals surface area contributed by atoms with Gasteiger partial charge in [-0.15, -0.1) is 0 Å². The van der Waals surface area contributed by atoms with E-state index < -0.39 is 0 Å². The van der Waals surface area contributed by atoms with Gasteiger partial charge in [-0.25, -0.2) is 4.98 Å². The molecule has 1 rings (SSSR count). The second kappa shape index (κ2) is 4.16. The maximum absolute atomic E-state index is 5.59. The minimum absolute atomic E-state index is 0.223. The van der Waals surface area contributed by atoms with Gasteiger partial charge in [-0.1, -0.05) is 11.6 Å². The van der Waals surface area contributed by atoms with Gasteiger partial charge in [-0.2, -0.15) is 0 Å². The van der Waals surface area contributed by atoms with E-state index in [0.29, 0.717) is 10.9 Å². The topological polar surface area (TPSA) is 31.4 Å². The molecule has 0 amide bonds. The summed E-state index contributed by atoms with van der Waals surface area (Å²) in [5, 5.41) is 0.415. The van der Waals surface area contributed by atoms with Crippen molar-refractivity contribution in [3.8, 4) is 5.75 Å². The summed E-state index contributed by atoms with van der Waals surface area (Å²) in [6.07, 6.45) is 1.58. The predicted molar refractivity (Wildman–Crippen MR) is 41.8 cm³/mol. The van der Waals surface area contributed by atoms with Gasteiger partial charge in [0.15, 0.2) is 6.79 Å². The van der Waals surface area contributed by atoms with E-state index >= 15 is 0 Å². The van der Waals surface area contributed by atoms with Crippen molar-refractivity contribution in [2.45, 2.75) is 0 Å². The van der Waals surface area contributed by atoms with E-state index in [1.807, 2.05) is 0 Å². The average molecular weight is 174 g/mol. The molecule has 4 heteroatoms. The fourth-order valence-electron chi connectivity index (χ4n) is 0.601. The molecule has 3 nitrogen and oxygen atoms in total. The highest BCUT2D eigenvalue weighted by atomic mass is 35.5. The third-order valence-electron chi connectivity index (χ3n) is 1.04. The van der Waals surface area contributed by atoms with E-state index in [1.54, 1.807) is 25.4 Å². The van der Waals surface area contributed by atoms with E-state index in [-0.39, 0.29) is 6.79 Å². The van der Waals surface area contributed by atoms with E-state index in [9.17, 15) is 0 Å². The minimum Gasteiger partial charge on any atom is -0.467 e. The fourth-order valence-corrected chi connectivity index (χ4v) is 0.765. The molecule has 1 heterocycles. The first-order valence-corrected chi connectivity index (χ1v) is 3.44. The number of pyridine rings is 1. The first-order chi connectivity index (χ1) is 5.33. The molecule has 0 saturated heterocycles. The monoisotopic (exact) mass is 173 g/mol. The van der Waals surface area contributed by atoms with Gasteiger partial charge in [0.25, 0.3) is 0 Å². The smallest absolute Gasteiger partial charge is 0.188 e. The molecule has 1 aromatic heterocycles. The van der Waals surface area contributed by atoms with Crippen LogP contribution in [0.25, 0.3) is 0 Å². The Morgan fingerprint density at radius 3 is 3.09 bits per heavy atom. The quantitative estimate of drug-likeness (QED) is 0.515. The first kappa shape index (κ1) is 8.30. The normalized spacial score (nSPS) is 9.64. The molecule has 0 aliphatic rings. The Hall–Kier alpha value is -0.800. The molecule has 11 heavy (non-hydrogen) atoms. The summed E-state index contributed by atoms with van der Waals surface area (Å²) in [6.45, 7) is 0.223. The van der Waals surface area contributed by atoms with Crippen LogP contribution >= 0.6 is 11.6 Å². The highest BCUT2D eigenvalue weighted by Crippen LogP contribution is 2.13. The highest BCUT2D eigenvalue weighted by molar-refractivity contribution is 6.29. The Morgan fingerprint density at radius 2 is 2.45 bits per heavy atom. The zero-order chi connectivity index (χ0) is 8.10. The van der Waals surface area contributed by atoms with Crippen LogP contribution in [0.1, 0.15) is 0 Å². The lowest BCUT2D eigenvalue weighted by Gasteiger charge is -2.02. The van der Waals surface area contributed by atoms with Crippen molar-refractivity contribution >= 4 is 11.6 Å². The van der Waals surface area contributed by atoms with Gasteiger partial charge in [0.05, 0.1) is 0 Å². The second-order valence-electron chi connectivity index (χ2n) is 1.87. The Labute approximate surface area is 69.9 Å². The molecule has 0 aromatic carbocycles. The van der Waals surface area contributed by atoms with Crippen molar-refractivity contribution in [2.75, 3.05) is 13.9 Å². The zero-order valence-electron chi connectivity index (χ0n) is 6.08. The number of halogens is 1. The number of hydrogen-bond acceptors (Lipinski definition) is 3. The average Bonchev–Trinajstić information content (AvgIpc) is 2.01. The minimum atomic E-state index is 0.223. The lowest BCUT2D eigenvalue weighted by Crippen LogP contribution is -1.98. The molecule has 0 aliphatic carbocycles. The molecule has 0 spiro atoms. The summed E-state index contributed by atoms with van der Waals surface area (Å²) in [7, 11) is 1.56. The highest BCUT2D eigenvalue weighted by Gasteiger charge is 1.93. The third kappa shape index (κ3) is 2.74. The standard InChI is InChI=1S/C7H8ClNO2/c1-10-5-11-6-2-3-9-7(8)4-6/h2-4H,5H2,1H3. The molecule has 60 valence electrons. The maximum atomic E-state index is 5.59. The lowest BCUT2D eigenvalue weighted by atomic mass is 10.5.